The SMILES string of the molecule is CO[C@@]12CO[C@@H]1C[C@H](O)[C@@]1(C)C(=O)[C@H](OC(C)=O)C3=C(C)[C@@H](OC(=O)[C@H](O)[C@@H](NC(=O)OC(C)(C)C)c4ccccc4)C[C@@](O)(C(OC(=O)c4ccccc4)C12)C3(C)C. The van der Waals surface area contributed by atoms with Gasteiger partial charge in [-0.3, -0.25) is 9.59 Å². The zero-order valence-electron chi connectivity index (χ0n) is 34.8. The van der Waals surface area contributed by atoms with Crippen LogP contribution in [0.5, 0.6) is 0 Å². The Kier molecular flexibility index (Phi) is 11.7. The van der Waals surface area contributed by atoms with Gasteiger partial charge in [-0.05, 0) is 63.5 Å². The van der Waals surface area contributed by atoms with Crippen LogP contribution in [0.3, 0.4) is 0 Å². The van der Waals surface area contributed by atoms with Crippen molar-refractivity contribution in [2.75, 3.05) is 13.7 Å². The first-order valence-electron chi connectivity index (χ1n) is 19.7. The van der Waals surface area contributed by atoms with E-state index >= 15 is 4.79 Å². The summed E-state index contributed by atoms with van der Waals surface area (Å²) in [7, 11) is 1.41. The van der Waals surface area contributed by atoms with Crippen LogP contribution in [0.1, 0.15) is 90.2 Å². The maximum Gasteiger partial charge on any atom is 0.408 e. The fourth-order valence-electron chi connectivity index (χ4n) is 9.69. The number of hydrogen-bond acceptors (Lipinski definition) is 14. The molecule has 15 heteroatoms. The van der Waals surface area contributed by atoms with Gasteiger partial charge in [0.15, 0.2) is 18.0 Å². The van der Waals surface area contributed by atoms with Crippen molar-refractivity contribution in [3.05, 3.63) is 82.9 Å². The minimum absolute atomic E-state index is 0.0521. The second kappa shape index (κ2) is 15.7. The van der Waals surface area contributed by atoms with Crippen molar-refractivity contribution in [1.29, 1.82) is 0 Å². The van der Waals surface area contributed by atoms with Crippen LogP contribution in [0.4, 0.5) is 4.79 Å². The van der Waals surface area contributed by atoms with Crippen molar-refractivity contribution in [3.8, 4) is 0 Å². The van der Waals surface area contributed by atoms with E-state index in [9.17, 15) is 34.5 Å². The number of carbonyl (C=O) groups excluding carboxylic acids is 5. The Bertz CT molecular complexity index is 1990. The average molecular weight is 822 g/mol. The van der Waals surface area contributed by atoms with E-state index in [-0.39, 0.29) is 29.7 Å². The number of nitrogens with one attached hydrogen (secondary N) is 1. The third-order valence-electron chi connectivity index (χ3n) is 12.9. The highest BCUT2D eigenvalue weighted by Crippen LogP contribution is 2.64. The van der Waals surface area contributed by atoms with E-state index in [2.05, 4.69) is 5.32 Å². The Labute approximate surface area is 343 Å². The summed E-state index contributed by atoms with van der Waals surface area (Å²) in [4.78, 5) is 69.6. The lowest BCUT2D eigenvalue weighted by Crippen LogP contribution is -2.81. The van der Waals surface area contributed by atoms with Crippen LogP contribution in [-0.4, -0.2) is 112 Å². The molecule has 15 nitrogen and oxygen atoms in total. The molecule has 320 valence electrons. The minimum Gasteiger partial charge on any atom is -0.456 e. The van der Waals surface area contributed by atoms with Gasteiger partial charge in [0.05, 0.1) is 35.8 Å². The molecule has 6 rings (SSSR count). The number of rotatable bonds is 9. The molecule has 3 aliphatic carbocycles. The van der Waals surface area contributed by atoms with E-state index in [0.29, 0.717) is 5.56 Å². The Morgan fingerprint density at radius 3 is 2.10 bits per heavy atom. The molecule has 0 radical (unpaired) electrons. The highest BCUT2D eigenvalue weighted by atomic mass is 16.6. The number of esters is 3. The summed E-state index contributed by atoms with van der Waals surface area (Å²) in [5, 5.41) is 39.8. The van der Waals surface area contributed by atoms with Gasteiger partial charge in [-0.25, -0.2) is 14.4 Å². The predicted octanol–water partition coefficient (Wildman–Crippen LogP) is 3.91. The summed E-state index contributed by atoms with van der Waals surface area (Å²) in [5.41, 5.74) is -7.31. The first-order chi connectivity index (χ1) is 27.5. The van der Waals surface area contributed by atoms with Crippen molar-refractivity contribution in [2.45, 2.75) is 128 Å². The van der Waals surface area contributed by atoms with Crippen molar-refractivity contribution in [3.63, 3.8) is 0 Å². The Balaban J connectivity index is 1.51. The summed E-state index contributed by atoms with van der Waals surface area (Å²) in [6.07, 6.45) is -10.5. The van der Waals surface area contributed by atoms with Gasteiger partial charge >= 0.3 is 24.0 Å². The molecule has 4 aliphatic rings. The molecule has 2 bridgehead atoms. The molecule has 1 amide bonds. The van der Waals surface area contributed by atoms with Gasteiger partial charge in [0.2, 0.25) is 0 Å². The van der Waals surface area contributed by atoms with Gasteiger partial charge in [-0.2, -0.15) is 0 Å². The number of fused-ring (bicyclic) bond motifs is 5. The Morgan fingerprint density at radius 2 is 1.56 bits per heavy atom. The van der Waals surface area contributed by atoms with Crippen molar-refractivity contribution >= 4 is 29.8 Å². The summed E-state index contributed by atoms with van der Waals surface area (Å²) >= 11 is 0. The zero-order valence-corrected chi connectivity index (χ0v) is 34.8. The van der Waals surface area contributed by atoms with E-state index in [0.717, 1.165) is 6.92 Å². The summed E-state index contributed by atoms with van der Waals surface area (Å²) in [6, 6.07) is 14.9. The molecule has 59 heavy (non-hydrogen) atoms. The average Bonchev–Trinajstić information content (AvgIpc) is 3.16. The van der Waals surface area contributed by atoms with Gasteiger partial charge in [0.1, 0.15) is 29.0 Å². The topological polar surface area (TPSA) is 213 Å². The van der Waals surface area contributed by atoms with Crippen LogP contribution in [0.25, 0.3) is 0 Å². The molecule has 3 fully saturated rings. The maximum atomic E-state index is 15.4. The van der Waals surface area contributed by atoms with Gasteiger partial charge in [-0.1, -0.05) is 62.4 Å². The lowest BCUT2D eigenvalue weighted by atomic mass is 9.44. The van der Waals surface area contributed by atoms with Crippen LogP contribution in [-0.2, 0) is 42.8 Å². The maximum absolute atomic E-state index is 15.4. The largest absolute Gasteiger partial charge is 0.456 e. The third-order valence-corrected chi connectivity index (χ3v) is 12.9. The third kappa shape index (κ3) is 7.45. The van der Waals surface area contributed by atoms with Crippen LogP contribution < -0.4 is 5.32 Å². The number of ether oxygens (including phenoxy) is 6. The molecular weight excluding hydrogens is 766 g/mol. The molecule has 2 aromatic carbocycles. The smallest absolute Gasteiger partial charge is 0.408 e. The molecule has 4 N–H and O–H groups in total. The molecule has 2 aromatic rings. The number of ketones is 1. The molecule has 1 heterocycles. The standard InChI is InChI=1S/C44H55NO14/c1-23-27(57-38(51)32(48)31(25-16-12-10-13-17-25)45-39(52)59-40(3,4)5)21-44(53)36(58-37(50)26-18-14-11-15-19-26)34-42(8,28(47)20-29-43(34,54-9)22-55-29)35(49)33(56-24(2)46)30(23)41(44,6)7/h10-19,27-29,31-34,36,47-48,53H,20-22H2,1-9H3,(H,45,52)/t27-,28-,29+,31-,32+,33+,34?,36?,42+,43-,44+/m0/s1. The summed E-state index contributed by atoms with van der Waals surface area (Å²) in [5.74, 6) is -5.00. The lowest BCUT2D eigenvalue weighted by molar-refractivity contribution is -0.350. The summed E-state index contributed by atoms with van der Waals surface area (Å²) in [6.45, 7) is 12.2. The van der Waals surface area contributed by atoms with Crippen molar-refractivity contribution in [2.24, 2.45) is 16.7 Å². The molecular formula is C44H55NO14. The highest BCUT2D eigenvalue weighted by molar-refractivity contribution is 5.95. The number of Topliss-reactive ketones (excluding diaryl/α,β-unsaturated/α-hetero) is 1. The number of alkyl carbamates (subject to hydrolysis) is 1. The lowest BCUT2D eigenvalue weighted by Gasteiger charge is -2.67. The number of hydrogen-bond donors (Lipinski definition) is 4. The van der Waals surface area contributed by atoms with Crippen LogP contribution in [0.2, 0.25) is 0 Å². The minimum atomic E-state index is -2.27. The van der Waals surface area contributed by atoms with Gasteiger partial charge in [-0.15, -0.1) is 0 Å². The summed E-state index contributed by atoms with van der Waals surface area (Å²) < 4.78 is 35.8. The number of aliphatic hydroxyl groups is 3. The number of methoxy groups -OCH3 is 1. The van der Waals surface area contributed by atoms with E-state index < -0.39 is 112 Å². The fourth-order valence-corrected chi connectivity index (χ4v) is 9.69. The van der Waals surface area contributed by atoms with Crippen LogP contribution >= 0.6 is 0 Å². The molecule has 1 aliphatic heterocycles. The zero-order chi connectivity index (χ0) is 43.5. The molecule has 11 atom stereocenters. The normalized spacial score (nSPS) is 33.3. The number of amides is 1. The number of benzene rings is 2. The van der Waals surface area contributed by atoms with Gasteiger partial charge < -0.3 is 49.1 Å². The molecule has 2 saturated carbocycles. The van der Waals surface area contributed by atoms with E-state index in [4.69, 9.17) is 28.4 Å². The Morgan fingerprint density at radius 1 is 0.949 bits per heavy atom. The Hall–Kier alpha value is -4.67. The molecule has 2 unspecified atom stereocenters. The van der Waals surface area contributed by atoms with Crippen LogP contribution in [0, 0.1) is 16.7 Å². The monoisotopic (exact) mass is 821 g/mol. The fraction of sp³-hybridized carbons (Fsp3) is 0.568. The van der Waals surface area contributed by atoms with Gasteiger partial charge in [0, 0.05) is 38.2 Å². The van der Waals surface area contributed by atoms with Crippen LogP contribution in [0.15, 0.2) is 71.8 Å². The number of carbonyl (C=O) groups is 5. The quantitative estimate of drug-likeness (QED) is 0.161. The molecule has 0 aromatic heterocycles. The van der Waals surface area contributed by atoms with E-state index in [1.807, 2.05) is 0 Å². The van der Waals surface area contributed by atoms with E-state index in [1.165, 1.54) is 26.2 Å². The second-order valence-electron chi connectivity index (χ2n) is 17.8. The highest BCUT2D eigenvalue weighted by Gasteiger charge is 2.77. The molecule has 1 saturated heterocycles. The second-order valence-corrected chi connectivity index (χ2v) is 17.8. The molecule has 0 spiro atoms. The van der Waals surface area contributed by atoms with Gasteiger partial charge in [0.25, 0.3) is 0 Å². The predicted molar refractivity (Wildman–Crippen MR) is 208 cm³/mol. The first-order valence-corrected chi connectivity index (χ1v) is 19.7. The first kappa shape index (κ1) is 43.9. The number of aliphatic hydroxyl groups excluding tert-OH is 2. The van der Waals surface area contributed by atoms with E-state index in [1.54, 1.807) is 90.1 Å². The van der Waals surface area contributed by atoms with Crippen molar-refractivity contribution < 1.29 is 67.7 Å². The van der Waals surface area contributed by atoms with Crippen molar-refractivity contribution in [1.82, 2.24) is 5.32 Å².